The molecule has 0 aliphatic carbocycles. The zero-order valence-electron chi connectivity index (χ0n) is 5.77. The van der Waals surface area contributed by atoms with Crippen molar-refractivity contribution in [3.05, 3.63) is 28.5 Å². The standard InChI is InChI=1S/C7H5Cl2NO/c1-4-2-3-10-6(5(4)8)7(9)11/h2-3H,1H3. The summed E-state index contributed by atoms with van der Waals surface area (Å²) < 4.78 is 0. The largest absolute Gasteiger partial charge is 0.274 e. The zero-order valence-corrected chi connectivity index (χ0v) is 7.28. The van der Waals surface area contributed by atoms with Crippen molar-refractivity contribution >= 4 is 28.4 Å². The number of pyridine rings is 1. The predicted molar refractivity (Wildman–Crippen MR) is 44.2 cm³/mol. The fourth-order valence-corrected chi connectivity index (χ4v) is 1.07. The molecule has 0 amide bonds. The molecular formula is C7H5Cl2NO. The number of nitrogens with zero attached hydrogens (tertiary/aromatic N) is 1. The molecule has 0 unspecified atom stereocenters. The maximum absolute atomic E-state index is 10.6. The Morgan fingerprint density at radius 3 is 2.73 bits per heavy atom. The second-order valence-corrected chi connectivity index (χ2v) is 2.79. The molecule has 0 aliphatic heterocycles. The molecule has 0 aromatic carbocycles. The van der Waals surface area contributed by atoms with Gasteiger partial charge in [0.15, 0.2) is 0 Å². The van der Waals surface area contributed by atoms with Crippen LogP contribution >= 0.6 is 23.2 Å². The molecule has 1 aromatic rings. The Hall–Kier alpha value is -0.600. The SMILES string of the molecule is Cc1ccnc(C(=O)Cl)c1Cl. The normalized spacial score (nSPS) is 9.73. The average Bonchev–Trinajstić information content (AvgIpc) is 1.94. The third-order valence-electron chi connectivity index (χ3n) is 1.27. The highest BCUT2D eigenvalue weighted by Gasteiger charge is 2.09. The van der Waals surface area contributed by atoms with Crippen molar-refractivity contribution in [2.45, 2.75) is 6.92 Å². The van der Waals surface area contributed by atoms with Crippen LogP contribution in [0.2, 0.25) is 5.02 Å². The summed E-state index contributed by atoms with van der Waals surface area (Å²) in [5.41, 5.74) is 0.916. The highest BCUT2D eigenvalue weighted by molar-refractivity contribution is 6.68. The Kier molecular flexibility index (Phi) is 2.47. The minimum atomic E-state index is -0.626. The van der Waals surface area contributed by atoms with Gasteiger partial charge >= 0.3 is 0 Å². The minimum Gasteiger partial charge on any atom is -0.274 e. The lowest BCUT2D eigenvalue weighted by atomic mass is 10.2. The number of hydrogen-bond donors (Lipinski definition) is 0. The number of rotatable bonds is 1. The molecule has 11 heavy (non-hydrogen) atoms. The van der Waals surface area contributed by atoms with E-state index in [1.165, 1.54) is 6.20 Å². The van der Waals surface area contributed by atoms with Crippen LogP contribution in [-0.2, 0) is 0 Å². The van der Waals surface area contributed by atoms with E-state index in [1.54, 1.807) is 13.0 Å². The van der Waals surface area contributed by atoms with E-state index < -0.39 is 5.24 Å². The second kappa shape index (κ2) is 3.20. The van der Waals surface area contributed by atoms with Gasteiger partial charge in [0.2, 0.25) is 0 Å². The van der Waals surface area contributed by atoms with Crippen molar-refractivity contribution in [1.82, 2.24) is 4.98 Å². The molecule has 1 aromatic heterocycles. The Labute approximate surface area is 74.1 Å². The Morgan fingerprint density at radius 1 is 1.64 bits per heavy atom. The van der Waals surface area contributed by atoms with Gasteiger partial charge in [0, 0.05) is 6.20 Å². The molecule has 2 nitrogen and oxygen atoms in total. The molecule has 0 saturated heterocycles. The Morgan fingerprint density at radius 2 is 2.27 bits per heavy atom. The van der Waals surface area contributed by atoms with Gasteiger partial charge in [0.1, 0.15) is 5.69 Å². The third kappa shape index (κ3) is 1.70. The van der Waals surface area contributed by atoms with Gasteiger partial charge in [-0.25, -0.2) is 0 Å². The number of aromatic nitrogens is 1. The molecule has 0 radical (unpaired) electrons. The number of halogens is 2. The van der Waals surface area contributed by atoms with E-state index >= 15 is 0 Å². The first-order valence-electron chi connectivity index (χ1n) is 2.94. The van der Waals surface area contributed by atoms with Gasteiger partial charge in [-0.15, -0.1) is 0 Å². The smallest absolute Gasteiger partial charge is 0.272 e. The van der Waals surface area contributed by atoms with Crippen LogP contribution in [0.15, 0.2) is 12.3 Å². The maximum atomic E-state index is 10.6. The lowest BCUT2D eigenvalue weighted by molar-refractivity contribution is 0.107. The third-order valence-corrected chi connectivity index (χ3v) is 1.92. The van der Waals surface area contributed by atoms with Crippen molar-refractivity contribution in [3.63, 3.8) is 0 Å². The molecule has 0 spiro atoms. The second-order valence-electron chi connectivity index (χ2n) is 2.06. The van der Waals surface area contributed by atoms with Crippen LogP contribution < -0.4 is 0 Å². The maximum Gasteiger partial charge on any atom is 0.272 e. The summed E-state index contributed by atoms with van der Waals surface area (Å²) in [4.78, 5) is 14.4. The highest BCUT2D eigenvalue weighted by atomic mass is 35.5. The first kappa shape index (κ1) is 8.50. The van der Waals surface area contributed by atoms with Crippen LogP contribution in [0.3, 0.4) is 0 Å². The number of aryl methyl sites for hydroxylation is 1. The van der Waals surface area contributed by atoms with Crippen molar-refractivity contribution in [1.29, 1.82) is 0 Å². The van der Waals surface area contributed by atoms with E-state index in [0.29, 0.717) is 5.02 Å². The Balaban J connectivity index is 3.27. The summed E-state index contributed by atoms with van der Waals surface area (Å²) in [6.45, 7) is 1.79. The van der Waals surface area contributed by atoms with E-state index in [9.17, 15) is 4.79 Å². The van der Waals surface area contributed by atoms with Gasteiger partial charge in [0.05, 0.1) is 5.02 Å². The number of carbonyl (C=O) groups excluding carboxylic acids is 1. The molecule has 0 atom stereocenters. The number of hydrogen-bond acceptors (Lipinski definition) is 2. The van der Waals surface area contributed by atoms with Gasteiger partial charge in [-0.05, 0) is 30.2 Å². The molecule has 1 rings (SSSR count). The van der Waals surface area contributed by atoms with Crippen LogP contribution in [0, 0.1) is 6.92 Å². The van der Waals surface area contributed by atoms with Gasteiger partial charge in [-0.3, -0.25) is 9.78 Å². The van der Waals surface area contributed by atoms with Gasteiger partial charge < -0.3 is 0 Å². The first-order valence-corrected chi connectivity index (χ1v) is 3.69. The summed E-state index contributed by atoms with van der Waals surface area (Å²) in [5.74, 6) is 0. The van der Waals surface area contributed by atoms with Crippen molar-refractivity contribution in [2.24, 2.45) is 0 Å². The Bertz CT molecular complexity index is 298. The van der Waals surface area contributed by atoms with Gasteiger partial charge in [0.25, 0.3) is 5.24 Å². The molecule has 0 bridgehead atoms. The van der Waals surface area contributed by atoms with Crippen LogP contribution in [-0.4, -0.2) is 10.2 Å². The van der Waals surface area contributed by atoms with E-state index in [0.717, 1.165) is 5.56 Å². The quantitative estimate of drug-likeness (QED) is 0.636. The summed E-state index contributed by atoms with van der Waals surface area (Å²) in [6.07, 6.45) is 1.50. The highest BCUT2D eigenvalue weighted by Crippen LogP contribution is 2.18. The molecule has 0 saturated carbocycles. The summed E-state index contributed by atoms with van der Waals surface area (Å²) in [5, 5.41) is -0.300. The van der Waals surface area contributed by atoms with Crippen molar-refractivity contribution in [2.75, 3.05) is 0 Å². The van der Waals surface area contributed by atoms with Crippen LogP contribution in [0.1, 0.15) is 16.1 Å². The predicted octanol–water partition coefficient (Wildman–Crippen LogP) is 2.42. The van der Waals surface area contributed by atoms with Crippen molar-refractivity contribution in [3.8, 4) is 0 Å². The van der Waals surface area contributed by atoms with Crippen molar-refractivity contribution < 1.29 is 4.79 Å². The summed E-state index contributed by atoms with van der Waals surface area (Å²) in [7, 11) is 0. The molecule has 1 heterocycles. The first-order chi connectivity index (χ1) is 5.13. The topological polar surface area (TPSA) is 30.0 Å². The lowest BCUT2D eigenvalue weighted by Crippen LogP contribution is -1.95. The fraction of sp³-hybridized carbons (Fsp3) is 0.143. The van der Waals surface area contributed by atoms with Gasteiger partial charge in [-0.2, -0.15) is 0 Å². The summed E-state index contributed by atoms with van der Waals surface area (Å²) >= 11 is 10.9. The summed E-state index contributed by atoms with van der Waals surface area (Å²) in [6, 6.07) is 1.71. The van der Waals surface area contributed by atoms with E-state index in [2.05, 4.69) is 4.98 Å². The monoisotopic (exact) mass is 189 g/mol. The van der Waals surface area contributed by atoms with E-state index in [4.69, 9.17) is 23.2 Å². The molecule has 0 N–H and O–H groups in total. The average molecular weight is 190 g/mol. The van der Waals surface area contributed by atoms with E-state index in [1.807, 2.05) is 0 Å². The minimum absolute atomic E-state index is 0.119. The molecule has 4 heteroatoms. The van der Waals surface area contributed by atoms with E-state index in [-0.39, 0.29) is 5.69 Å². The van der Waals surface area contributed by atoms with Crippen LogP contribution in [0.25, 0.3) is 0 Å². The van der Waals surface area contributed by atoms with Crippen LogP contribution in [0.4, 0.5) is 0 Å². The number of carbonyl (C=O) groups is 1. The molecule has 58 valence electrons. The zero-order chi connectivity index (χ0) is 8.43. The molecular weight excluding hydrogens is 185 g/mol. The lowest BCUT2D eigenvalue weighted by Gasteiger charge is -1.98. The molecule has 0 fully saturated rings. The van der Waals surface area contributed by atoms with Gasteiger partial charge in [-0.1, -0.05) is 11.6 Å². The molecule has 0 aliphatic rings. The van der Waals surface area contributed by atoms with Crippen LogP contribution in [0.5, 0.6) is 0 Å². The fourth-order valence-electron chi connectivity index (χ4n) is 0.677.